The molecule has 0 spiro atoms. The molecule has 2 rings (SSSR count). The number of nitrogens with zero attached hydrogens (tertiary/aromatic N) is 2. The minimum absolute atomic E-state index is 0.121. The third-order valence-electron chi connectivity index (χ3n) is 3.97. The average Bonchev–Trinajstić information content (AvgIpc) is 2.87. The molecule has 0 aliphatic heterocycles. The van der Waals surface area contributed by atoms with E-state index in [9.17, 15) is 0 Å². The zero-order valence-corrected chi connectivity index (χ0v) is 10.9. The summed E-state index contributed by atoms with van der Waals surface area (Å²) in [4.78, 5) is 4.50. The lowest BCUT2D eigenvalue weighted by Crippen LogP contribution is -2.19. The van der Waals surface area contributed by atoms with Crippen LogP contribution in [0.4, 0.5) is 0 Å². The summed E-state index contributed by atoms with van der Waals surface area (Å²) in [6, 6.07) is -0.121. The predicted molar refractivity (Wildman–Crippen MR) is 66.5 cm³/mol. The first-order valence-corrected chi connectivity index (χ1v) is 6.81. The molecule has 0 radical (unpaired) electrons. The SMILES string of the molecule is CC[C@H](C)[C@H](N)c1nc(C2CCCCC2)no1. The molecule has 2 atom stereocenters. The summed E-state index contributed by atoms with van der Waals surface area (Å²) in [5.41, 5.74) is 6.10. The average molecular weight is 237 g/mol. The van der Waals surface area contributed by atoms with E-state index in [-0.39, 0.29) is 6.04 Å². The van der Waals surface area contributed by atoms with Crippen molar-refractivity contribution in [3.05, 3.63) is 11.7 Å². The Balaban J connectivity index is 2.04. The summed E-state index contributed by atoms with van der Waals surface area (Å²) in [5.74, 6) is 2.36. The quantitative estimate of drug-likeness (QED) is 0.873. The molecule has 1 fully saturated rings. The van der Waals surface area contributed by atoms with Gasteiger partial charge in [0, 0.05) is 5.92 Å². The highest BCUT2D eigenvalue weighted by Crippen LogP contribution is 2.31. The van der Waals surface area contributed by atoms with Crippen molar-refractivity contribution in [3.8, 4) is 0 Å². The van der Waals surface area contributed by atoms with Gasteiger partial charge in [0.05, 0.1) is 6.04 Å². The standard InChI is InChI=1S/C13H23N3O/c1-3-9(2)11(14)13-15-12(16-17-13)10-7-5-4-6-8-10/h9-11H,3-8,14H2,1-2H3/t9-,11-/m0/s1. The molecule has 96 valence electrons. The van der Waals surface area contributed by atoms with Crippen LogP contribution in [0.1, 0.15) is 76.0 Å². The summed E-state index contributed by atoms with van der Waals surface area (Å²) < 4.78 is 5.32. The van der Waals surface area contributed by atoms with Crippen LogP contribution in [0, 0.1) is 5.92 Å². The van der Waals surface area contributed by atoms with Crippen LogP contribution in [0.15, 0.2) is 4.52 Å². The van der Waals surface area contributed by atoms with Crippen molar-refractivity contribution in [2.75, 3.05) is 0 Å². The summed E-state index contributed by atoms with van der Waals surface area (Å²) in [6.45, 7) is 4.25. The Labute approximate surface area is 103 Å². The minimum atomic E-state index is -0.121. The third kappa shape index (κ3) is 2.86. The molecule has 1 aliphatic carbocycles. The number of aromatic nitrogens is 2. The smallest absolute Gasteiger partial charge is 0.243 e. The van der Waals surface area contributed by atoms with E-state index < -0.39 is 0 Å². The van der Waals surface area contributed by atoms with E-state index in [0.717, 1.165) is 12.2 Å². The van der Waals surface area contributed by atoms with E-state index >= 15 is 0 Å². The first-order chi connectivity index (χ1) is 8.22. The molecule has 1 aliphatic rings. The fourth-order valence-corrected chi connectivity index (χ4v) is 2.41. The normalized spacial score (nSPS) is 21.4. The zero-order valence-electron chi connectivity index (χ0n) is 10.9. The van der Waals surface area contributed by atoms with Crippen molar-refractivity contribution in [1.82, 2.24) is 10.1 Å². The third-order valence-corrected chi connectivity index (χ3v) is 3.97. The zero-order chi connectivity index (χ0) is 12.3. The second kappa shape index (κ2) is 5.63. The van der Waals surface area contributed by atoms with Crippen LogP contribution in [0.25, 0.3) is 0 Å². The Morgan fingerprint density at radius 1 is 1.35 bits per heavy atom. The predicted octanol–water partition coefficient (Wildman–Crippen LogP) is 3.16. The van der Waals surface area contributed by atoms with Crippen LogP contribution < -0.4 is 5.73 Å². The van der Waals surface area contributed by atoms with E-state index in [1.54, 1.807) is 0 Å². The molecule has 0 amide bonds. The van der Waals surface area contributed by atoms with Gasteiger partial charge in [-0.2, -0.15) is 4.98 Å². The fourth-order valence-electron chi connectivity index (χ4n) is 2.41. The van der Waals surface area contributed by atoms with Crippen LogP contribution in [-0.4, -0.2) is 10.1 Å². The molecule has 4 nitrogen and oxygen atoms in total. The number of nitrogens with two attached hydrogens (primary N) is 1. The van der Waals surface area contributed by atoms with Crippen molar-refractivity contribution < 1.29 is 4.52 Å². The Morgan fingerprint density at radius 3 is 2.71 bits per heavy atom. The molecule has 4 heteroatoms. The van der Waals surface area contributed by atoms with E-state index in [1.807, 2.05) is 0 Å². The molecular formula is C13H23N3O. The molecule has 0 bridgehead atoms. The lowest BCUT2D eigenvalue weighted by Gasteiger charge is -2.17. The molecule has 1 heterocycles. The molecule has 0 unspecified atom stereocenters. The molecule has 1 saturated carbocycles. The Bertz CT molecular complexity index is 328. The van der Waals surface area contributed by atoms with Crippen molar-refractivity contribution in [2.24, 2.45) is 11.7 Å². The fraction of sp³-hybridized carbons (Fsp3) is 0.846. The van der Waals surface area contributed by atoms with E-state index in [1.165, 1.54) is 32.1 Å². The van der Waals surface area contributed by atoms with Gasteiger partial charge < -0.3 is 10.3 Å². The highest BCUT2D eigenvalue weighted by molar-refractivity contribution is 4.99. The second-order valence-electron chi connectivity index (χ2n) is 5.24. The summed E-state index contributed by atoms with van der Waals surface area (Å²) in [7, 11) is 0. The van der Waals surface area contributed by atoms with Gasteiger partial charge in [0.2, 0.25) is 5.89 Å². The van der Waals surface area contributed by atoms with Gasteiger partial charge in [-0.1, -0.05) is 44.7 Å². The first-order valence-electron chi connectivity index (χ1n) is 6.81. The Hall–Kier alpha value is -0.900. The molecule has 2 N–H and O–H groups in total. The van der Waals surface area contributed by atoms with Gasteiger partial charge in [-0.05, 0) is 18.8 Å². The Morgan fingerprint density at radius 2 is 2.06 bits per heavy atom. The molecule has 1 aromatic rings. The summed E-state index contributed by atoms with van der Waals surface area (Å²) in [5, 5.41) is 4.11. The maximum atomic E-state index is 6.10. The van der Waals surface area contributed by atoms with Crippen molar-refractivity contribution in [1.29, 1.82) is 0 Å². The first kappa shape index (κ1) is 12.6. The van der Waals surface area contributed by atoms with E-state index in [0.29, 0.717) is 17.7 Å². The molecule has 0 aromatic carbocycles. The van der Waals surface area contributed by atoms with Gasteiger partial charge in [-0.3, -0.25) is 0 Å². The maximum Gasteiger partial charge on any atom is 0.243 e. The van der Waals surface area contributed by atoms with E-state index in [4.69, 9.17) is 10.3 Å². The van der Waals surface area contributed by atoms with Gasteiger partial charge in [0.1, 0.15) is 0 Å². The molecule has 17 heavy (non-hydrogen) atoms. The summed E-state index contributed by atoms with van der Waals surface area (Å²) in [6.07, 6.45) is 7.32. The maximum absolute atomic E-state index is 6.10. The van der Waals surface area contributed by atoms with Crippen LogP contribution in [0.5, 0.6) is 0 Å². The highest BCUT2D eigenvalue weighted by atomic mass is 16.5. The van der Waals surface area contributed by atoms with Crippen LogP contribution in [0.2, 0.25) is 0 Å². The monoisotopic (exact) mass is 237 g/mol. The van der Waals surface area contributed by atoms with E-state index in [2.05, 4.69) is 24.0 Å². The minimum Gasteiger partial charge on any atom is -0.338 e. The van der Waals surface area contributed by atoms with Gasteiger partial charge in [-0.25, -0.2) is 0 Å². The van der Waals surface area contributed by atoms with Gasteiger partial charge in [0.25, 0.3) is 0 Å². The van der Waals surface area contributed by atoms with Crippen molar-refractivity contribution in [2.45, 2.75) is 64.3 Å². The van der Waals surface area contributed by atoms with Gasteiger partial charge in [0.15, 0.2) is 5.82 Å². The topological polar surface area (TPSA) is 64.9 Å². The molecular weight excluding hydrogens is 214 g/mol. The van der Waals surface area contributed by atoms with Crippen molar-refractivity contribution in [3.63, 3.8) is 0 Å². The van der Waals surface area contributed by atoms with Gasteiger partial charge in [-0.15, -0.1) is 0 Å². The van der Waals surface area contributed by atoms with Crippen LogP contribution in [0.3, 0.4) is 0 Å². The number of hydrogen-bond donors (Lipinski definition) is 1. The lowest BCUT2D eigenvalue weighted by atomic mass is 9.89. The largest absolute Gasteiger partial charge is 0.338 e. The highest BCUT2D eigenvalue weighted by Gasteiger charge is 2.24. The second-order valence-corrected chi connectivity index (χ2v) is 5.24. The summed E-state index contributed by atoms with van der Waals surface area (Å²) >= 11 is 0. The van der Waals surface area contributed by atoms with Gasteiger partial charge >= 0.3 is 0 Å². The van der Waals surface area contributed by atoms with Crippen LogP contribution in [-0.2, 0) is 0 Å². The van der Waals surface area contributed by atoms with Crippen molar-refractivity contribution >= 4 is 0 Å². The Kier molecular flexibility index (Phi) is 4.15. The number of hydrogen-bond acceptors (Lipinski definition) is 4. The number of rotatable bonds is 4. The molecule has 0 saturated heterocycles. The van der Waals surface area contributed by atoms with Crippen LogP contribution >= 0.6 is 0 Å². The lowest BCUT2D eigenvalue weighted by molar-refractivity contribution is 0.307. The molecule has 1 aromatic heterocycles.